The molecule has 3 heterocycles. The van der Waals surface area contributed by atoms with E-state index in [2.05, 4.69) is 226 Å². The largest absolute Gasteiger partial charge is 0.309 e. The van der Waals surface area contributed by atoms with Gasteiger partial charge in [0.05, 0.1) is 33.1 Å². The molecule has 266 valence electrons. The van der Waals surface area contributed by atoms with Crippen molar-refractivity contribution in [1.29, 1.82) is 0 Å². The van der Waals surface area contributed by atoms with Crippen LogP contribution in [0.5, 0.6) is 0 Å². The molecule has 0 aliphatic heterocycles. The van der Waals surface area contributed by atoms with Crippen LogP contribution in [0.25, 0.3) is 105 Å². The second-order valence-electron chi connectivity index (χ2n) is 15.0. The third-order valence-electron chi connectivity index (χ3n) is 11.8. The molecule has 0 aliphatic carbocycles. The van der Waals surface area contributed by atoms with Crippen LogP contribution in [-0.4, -0.2) is 13.7 Å². The van der Waals surface area contributed by atoms with Gasteiger partial charge in [-0.25, -0.2) is 0 Å². The molecule has 0 fully saturated rings. The molecule has 0 saturated carbocycles. The molecule has 0 amide bonds. The molecule has 3 heteroatoms. The highest BCUT2D eigenvalue weighted by Crippen LogP contribution is 2.43. The molecular weight excluding hydrogens is 691 g/mol. The Balaban J connectivity index is 1.14. The smallest absolute Gasteiger partial charge is 0.0562 e. The second-order valence-corrected chi connectivity index (χ2v) is 15.0. The summed E-state index contributed by atoms with van der Waals surface area (Å²) < 4.78 is 7.33. The lowest BCUT2D eigenvalue weighted by atomic mass is 10.1. The molecule has 0 atom stereocenters. The van der Waals surface area contributed by atoms with E-state index in [4.69, 9.17) is 0 Å². The van der Waals surface area contributed by atoms with Crippen LogP contribution in [0.15, 0.2) is 212 Å². The van der Waals surface area contributed by atoms with Crippen molar-refractivity contribution >= 4 is 65.4 Å². The third kappa shape index (κ3) is 4.86. The normalized spacial score (nSPS) is 11.9. The number of hydrogen-bond donors (Lipinski definition) is 0. The minimum absolute atomic E-state index is 1.14. The lowest BCUT2D eigenvalue weighted by Gasteiger charge is -2.12. The fourth-order valence-electron chi connectivity index (χ4n) is 9.22. The lowest BCUT2D eigenvalue weighted by molar-refractivity contribution is 1.16. The van der Waals surface area contributed by atoms with Crippen LogP contribution in [0.3, 0.4) is 0 Å². The van der Waals surface area contributed by atoms with Crippen LogP contribution >= 0.6 is 0 Å². The molecule has 0 N–H and O–H groups in total. The first-order valence-electron chi connectivity index (χ1n) is 19.6. The van der Waals surface area contributed by atoms with E-state index in [0.29, 0.717) is 0 Å². The van der Waals surface area contributed by atoms with Gasteiger partial charge in [-0.1, -0.05) is 140 Å². The van der Waals surface area contributed by atoms with Gasteiger partial charge in [0, 0.05) is 49.4 Å². The maximum absolute atomic E-state index is 2.46. The summed E-state index contributed by atoms with van der Waals surface area (Å²) in [5, 5.41) is 7.48. The van der Waals surface area contributed by atoms with Crippen molar-refractivity contribution in [2.24, 2.45) is 0 Å². The van der Waals surface area contributed by atoms with Gasteiger partial charge in [-0.15, -0.1) is 0 Å². The topological polar surface area (TPSA) is 14.8 Å². The monoisotopic (exact) mass is 725 g/mol. The number of nitrogens with zero attached hydrogens (tertiary/aromatic N) is 3. The molecule has 0 bridgehead atoms. The van der Waals surface area contributed by atoms with Gasteiger partial charge in [0.2, 0.25) is 0 Å². The van der Waals surface area contributed by atoms with Gasteiger partial charge in [0.1, 0.15) is 0 Å². The molecule has 3 nitrogen and oxygen atoms in total. The summed E-state index contributed by atoms with van der Waals surface area (Å²) in [5.41, 5.74) is 15.4. The molecule has 3 aromatic heterocycles. The molecule has 0 spiro atoms. The molecule has 57 heavy (non-hydrogen) atoms. The average molecular weight is 726 g/mol. The predicted octanol–water partition coefficient (Wildman–Crippen LogP) is 14.3. The van der Waals surface area contributed by atoms with Gasteiger partial charge in [0.25, 0.3) is 0 Å². The van der Waals surface area contributed by atoms with Crippen LogP contribution < -0.4 is 0 Å². The Morgan fingerprint density at radius 2 is 0.491 bits per heavy atom. The molecule has 12 rings (SSSR count). The minimum atomic E-state index is 1.14. The van der Waals surface area contributed by atoms with E-state index in [1.807, 2.05) is 0 Å². The van der Waals surface area contributed by atoms with Crippen molar-refractivity contribution in [3.05, 3.63) is 212 Å². The highest BCUT2D eigenvalue weighted by atomic mass is 15.0. The van der Waals surface area contributed by atoms with E-state index >= 15 is 0 Å². The number of aromatic nitrogens is 3. The molecule has 9 aromatic carbocycles. The zero-order valence-electron chi connectivity index (χ0n) is 31.0. The van der Waals surface area contributed by atoms with Crippen LogP contribution in [0, 0.1) is 0 Å². The highest BCUT2D eigenvalue weighted by molar-refractivity contribution is 6.23. The van der Waals surface area contributed by atoms with Crippen molar-refractivity contribution in [3.8, 4) is 39.3 Å². The van der Waals surface area contributed by atoms with Crippen LogP contribution in [0.1, 0.15) is 0 Å². The number of para-hydroxylation sites is 3. The van der Waals surface area contributed by atoms with E-state index in [0.717, 1.165) is 17.1 Å². The fourth-order valence-corrected chi connectivity index (χ4v) is 9.22. The van der Waals surface area contributed by atoms with Gasteiger partial charge in [-0.3, -0.25) is 0 Å². The van der Waals surface area contributed by atoms with Gasteiger partial charge in [0.15, 0.2) is 0 Å². The van der Waals surface area contributed by atoms with E-state index in [-0.39, 0.29) is 0 Å². The summed E-state index contributed by atoms with van der Waals surface area (Å²) >= 11 is 0. The molecule has 0 aliphatic rings. The Kier molecular flexibility index (Phi) is 6.93. The summed E-state index contributed by atoms with van der Waals surface area (Å²) in [4.78, 5) is 0. The standard InChI is InChI=1S/C54H35N3/c1-4-14-36(15-5-1)38-24-28-41(29-25-38)55-49-22-12-10-20-43(49)45-32-47-48-33-46-44-21-11-13-23-50(44)56(42-30-26-39(27-31-42)37-16-6-2-7-17-37)52(46)35-54(48)57(53(47)34-51(45)55)40-18-8-3-9-19-40/h1-35H. The van der Waals surface area contributed by atoms with Crippen molar-refractivity contribution < 1.29 is 0 Å². The Hall–Kier alpha value is -7.62. The summed E-state index contributed by atoms with van der Waals surface area (Å²) in [7, 11) is 0. The van der Waals surface area contributed by atoms with Gasteiger partial charge >= 0.3 is 0 Å². The van der Waals surface area contributed by atoms with Gasteiger partial charge < -0.3 is 13.7 Å². The average Bonchev–Trinajstić information content (AvgIpc) is 3.90. The Labute approximate surface area is 329 Å². The van der Waals surface area contributed by atoms with E-state index in [1.54, 1.807) is 0 Å². The second kappa shape index (κ2) is 12.5. The summed E-state index contributed by atoms with van der Waals surface area (Å²) in [5.74, 6) is 0. The summed E-state index contributed by atoms with van der Waals surface area (Å²) in [6.45, 7) is 0. The van der Waals surface area contributed by atoms with Crippen LogP contribution in [0.2, 0.25) is 0 Å². The maximum atomic E-state index is 2.46. The van der Waals surface area contributed by atoms with Gasteiger partial charge in [-0.05, 0) is 95.1 Å². The van der Waals surface area contributed by atoms with E-state index in [1.165, 1.54) is 87.7 Å². The Morgan fingerprint density at radius 3 is 0.912 bits per heavy atom. The minimum Gasteiger partial charge on any atom is -0.309 e. The zero-order chi connectivity index (χ0) is 37.5. The molecule has 12 aromatic rings. The van der Waals surface area contributed by atoms with Crippen molar-refractivity contribution in [3.63, 3.8) is 0 Å². The first-order chi connectivity index (χ1) is 28.3. The number of benzene rings is 9. The highest BCUT2D eigenvalue weighted by Gasteiger charge is 2.21. The zero-order valence-corrected chi connectivity index (χ0v) is 31.0. The number of fused-ring (bicyclic) bond motifs is 9. The quantitative estimate of drug-likeness (QED) is 0.168. The van der Waals surface area contributed by atoms with Crippen LogP contribution in [-0.2, 0) is 0 Å². The number of rotatable bonds is 5. The lowest BCUT2D eigenvalue weighted by Crippen LogP contribution is -1.96. The maximum Gasteiger partial charge on any atom is 0.0562 e. The molecule has 0 unspecified atom stereocenters. The first kappa shape index (κ1) is 31.7. The SMILES string of the molecule is c1ccc(-c2ccc(-n3c4ccccc4c4cc5c6cc7c8ccccc8n(-c8ccc(-c9ccccc9)cc8)c7cc6n(-c6ccccc6)c5cc43)cc2)cc1. The number of hydrogen-bond acceptors (Lipinski definition) is 0. The molecule has 0 radical (unpaired) electrons. The predicted molar refractivity (Wildman–Crippen MR) is 240 cm³/mol. The van der Waals surface area contributed by atoms with E-state index in [9.17, 15) is 0 Å². The van der Waals surface area contributed by atoms with Gasteiger partial charge in [-0.2, -0.15) is 0 Å². The summed E-state index contributed by atoms with van der Waals surface area (Å²) in [6, 6.07) is 77.4. The van der Waals surface area contributed by atoms with Crippen molar-refractivity contribution in [1.82, 2.24) is 13.7 Å². The summed E-state index contributed by atoms with van der Waals surface area (Å²) in [6.07, 6.45) is 0. The first-order valence-corrected chi connectivity index (χ1v) is 19.6. The van der Waals surface area contributed by atoms with E-state index < -0.39 is 0 Å². The molecular formula is C54H35N3. The Bertz CT molecular complexity index is 3250. The van der Waals surface area contributed by atoms with Crippen LogP contribution in [0.4, 0.5) is 0 Å². The van der Waals surface area contributed by atoms with Crippen molar-refractivity contribution in [2.45, 2.75) is 0 Å². The van der Waals surface area contributed by atoms with Crippen molar-refractivity contribution in [2.75, 3.05) is 0 Å². The molecule has 0 saturated heterocycles. The third-order valence-corrected chi connectivity index (χ3v) is 11.8. The fraction of sp³-hybridized carbons (Fsp3) is 0. The Morgan fingerprint density at radius 1 is 0.193 bits per heavy atom.